The summed E-state index contributed by atoms with van der Waals surface area (Å²) >= 11 is 2.48. The summed E-state index contributed by atoms with van der Waals surface area (Å²) in [6, 6.07) is 15.1. The van der Waals surface area contributed by atoms with Crippen LogP contribution >= 0.6 is 23.1 Å². The zero-order chi connectivity index (χ0) is 29.1. The van der Waals surface area contributed by atoms with Crippen molar-refractivity contribution >= 4 is 45.6 Å². The maximum Gasteiger partial charge on any atom is 0.234 e. The third kappa shape index (κ3) is 5.64. The van der Waals surface area contributed by atoms with Gasteiger partial charge < -0.3 is 20.5 Å². The zero-order valence-corrected chi connectivity index (χ0v) is 24.4. The summed E-state index contributed by atoms with van der Waals surface area (Å²) < 4.78 is 11.1. The minimum Gasteiger partial charge on any atom is -0.497 e. The summed E-state index contributed by atoms with van der Waals surface area (Å²) in [4.78, 5) is 27.7. The Bertz CT molecular complexity index is 1600. The number of nitrogens with one attached hydrogen (secondary N) is 1. The van der Waals surface area contributed by atoms with Crippen molar-refractivity contribution in [2.75, 3.05) is 30.2 Å². The van der Waals surface area contributed by atoms with Crippen molar-refractivity contribution in [3.8, 4) is 17.6 Å². The number of anilines is 2. The van der Waals surface area contributed by atoms with Crippen LogP contribution in [0.2, 0.25) is 0 Å². The van der Waals surface area contributed by atoms with E-state index in [4.69, 9.17) is 15.2 Å². The van der Waals surface area contributed by atoms with Crippen LogP contribution in [0.5, 0.6) is 11.5 Å². The van der Waals surface area contributed by atoms with Crippen LogP contribution in [0, 0.1) is 18.3 Å². The van der Waals surface area contributed by atoms with E-state index in [-0.39, 0.29) is 23.3 Å². The SMILES string of the molecule is COc1cc(NC(=O)CSc2nnc(N3C(N)=C(C#N)C(c4ccccc4C)C4=C3CCCC4=O)s2)cc(OC)c1. The lowest BCUT2D eigenvalue weighted by atomic mass is 9.75. The average molecular weight is 589 g/mol. The van der Waals surface area contributed by atoms with Crippen molar-refractivity contribution in [2.45, 2.75) is 36.4 Å². The number of aryl methyl sites for hydroxylation is 1. The lowest BCUT2D eigenvalue weighted by molar-refractivity contribution is -0.116. The lowest BCUT2D eigenvalue weighted by Gasteiger charge is -2.38. The largest absolute Gasteiger partial charge is 0.497 e. The number of thioether (sulfide) groups is 1. The van der Waals surface area contributed by atoms with Crippen LogP contribution in [0.1, 0.15) is 36.3 Å². The molecule has 2 aliphatic rings. The highest BCUT2D eigenvalue weighted by molar-refractivity contribution is 8.01. The number of rotatable bonds is 8. The highest BCUT2D eigenvalue weighted by Crippen LogP contribution is 2.47. The van der Waals surface area contributed by atoms with E-state index in [2.05, 4.69) is 21.6 Å². The molecule has 1 aliphatic carbocycles. The third-order valence-corrected chi connectivity index (χ3v) is 9.00. The van der Waals surface area contributed by atoms with Crippen LogP contribution in [0.25, 0.3) is 0 Å². The van der Waals surface area contributed by atoms with Gasteiger partial charge in [0.15, 0.2) is 10.1 Å². The molecule has 0 saturated heterocycles. The molecule has 1 aliphatic heterocycles. The predicted octanol–water partition coefficient (Wildman–Crippen LogP) is 4.90. The highest BCUT2D eigenvalue weighted by atomic mass is 32.2. The van der Waals surface area contributed by atoms with E-state index in [1.807, 2.05) is 31.2 Å². The number of amides is 1. The van der Waals surface area contributed by atoms with Crippen LogP contribution in [0.3, 0.4) is 0 Å². The fraction of sp³-hybridized carbons (Fsp3) is 0.276. The second-order valence-electron chi connectivity index (χ2n) is 9.46. The molecule has 2 heterocycles. The van der Waals surface area contributed by atoms with E-state index in [1.54, 1.807) is 23.1 Å². The van der Waals surface area contributed by atoms with Crippen molar-refractivity contribution in [3.63, 3.8) is 0 Å². The molecule has 1 atom stereocenters. The molecule has 3 aromatic rings. The van der Waals surface area contributed by atoms with Gasteiger partial charge in [0.2, 0.25) is 11.0 Å². The van der Waals surface area contributed by atoms with Gasteiger partial charge in [0.25, 0.3) is 0 Å². The van der Waals surface area contributed by atoms with Crippen molar-refractivity contribution in [1.82, 2.24) is 10.2 Å². The van der Waals surface area contributed by atoms with Gasteiger partial charge in [-0.1, -0.05) is 47.4 Å². The Morgan fingerprint density at radius 3 is 2.61 bits per heavy atom. The number of nitrogens with two attached hydrogens (primary N) is 1. The van der Waals surface area contributed by atoms with Gasteiger partial charge in [-0.05, 0) is 30.9 Å². The normalized spacial score (nSPS) is 16.8. The minimum atomic E-state index is -0.527. The van der Waals surface area contributed by atoms with Crippen molar-refractivity contribution in [2.24, 2.45) is 5.73 Å². The van der Waals surface area contributed by atoms with Gasteiger partial charge >= 0.3 is 0 Å². The second-order valence-corrected chi connectivity index (χ2v) is 11.6. The van der Waals surface area contributed by atoms with Gasteiger partial charge in [-0.3, -0.25) is 14.5 Å². The lowest BCUT2D eigenvalue weighted by Crippen LogP contribution is -2.38. The van der Waals surface area contributed by atoms with Crippen LogP contribution in [-0.2, 0) is 9.59 Å². The molecule has 0 fully saturated rings. The van der Waals surface area contributed by atoms with E-state index in [0.717, 1.165) is 16.8 Å². The molecule has 12 heteroatoms. The molecule has 2 aromatic carbocycles. The molecule has 210 valence electrons. The fourth-order valence-corrected chi connectivity index (χ4v) is 6.76. The maximum atomic E-state index is 13.3. The number of hydrogen-bond donors (Lipinski definition) is 2. The van der Waals surface area contributed by atoms with Crippen LogP contribution < -0.4 is 25.4 Å². The summed E-state index contributed by atoms with van der Waals surface area (Å²) in [6.45, 7) is 1.97. The van der Waals surface area contributed by atoms with E-state index < -0.39 is 5.92 Å². The quantitative estimate of drug-likeness (QED) is 0.349. The Morgan fingerprint density at radius 1 is 1.20 bits per heavy atom. The zero-order valence-electron chi connectivity index (χ0n) is 22.8. The van der Waals surface area contributed by atoms with Gasteiger partial charge in [0, 0.05) is 41.6 Å². The molecule has 0 radical (unpaired) electrons. The van der Waals surface area contributed by atoms with Gasteiger partial charge in [-0.25, -0.2) is 0 Å². The van der Waals surface area contributed by atoms with Crippen LogP contribution in [0.4, 0.5) is 10.8 Å². The first kappa shape index (κ1) is 28.2. The molecular formula is C29H28N6O4S2. The molecule has 1 amide bonds. The Hall–Kier alpha value is -4.34. The van der Waals surface area contributed by atoms with E-state index in [0.29, 0.717) is 57.1 Å². The Labute approximate surface area is 245 Å². The fourth-order valence-electron chi connectivity index (χ4n) is 5.08. The number of nitrogens with zero attached hydrogens (tertiary/aromatic N) is 4. The number of allylic oxidation sites excluding steroid dienone is 3. The number of carbonyl (C=O) groups excluding carboxylic acids is 2. The topological polar surface area (TPSA) is 143 Å². The standard InChI is InChI=1S/C29H28N6O4S2/c1-16-7-4-5-8-20(16)25-21(14-30)27(31)35(22-9-6-10-23(36)26(22)25)28-33-34-29(41-28)40-15-24(37)32-17-11-18(38-2)13-19(12-17)39-3/h4-5,7-8,11-13,25H,6,9-10,15,31H2,1-3H3,(H,32,37). The predicted molar refractivity (Wildman–Crippen MR) is 158 cm³/mol. The molecule has 1 unspecified atom stereocenters. The van der Waals surface area contributed by atoms with Crippen LogP contribution in [-0.4, -0.2) is 41.9 Å². The summed E-state index contributed by atoms with van der Waals surface area (Å²) in [5, 5.41) is 22.1. The van der Waals surface area contributed by atoms with Crippen molar-refractivity contribution < 1.29 is 19.1 Å². The number of methoxy groups -OCH3 is 2. The van der Waals surface area contributed by atoms with Gasteiger partial charge in [0.05, 0.1) is 37.5 Å². The molecule has 1 aromatic heterocycles. The van der Waals surface area contributed by atoms with Crippen molar-refractivity contribution in [1.29, 1.82) is 5.26 Å². The summed E-state index contributed by atoms with van der Waals surface area (Å²) in [6.07, 6.45) is 1.72. The first-order valence-electron chi connectivity index (χ1n) is 12.9. The van der Waals surface area contributed by atoms with Crippen LogP contribution in [0.15, 0.2) is 69.5 Å². The number of nitriles is 1. The smallest absolute Gasteiger partial charge is 0.234 e. The molecule has 41 heavy (non-hydrogen) atoms. The highest BCUT2D eigenvalue weighted by Gasteiger charge is 2.41. The van der Waals surface area contributed by atoms with Gasteiger partial charge in [-0.2, -0.15) is 5.26 Å². The molecule has 0 spiro atoms. The average Bonchev–Trinajstić information content (AvgIpc) is 3.44. The maximum absolute atomic E-state index is 13.3. The Kier molecular flexibility index (Phi) is 8.28. The Morgan fingerprint density at radius 2 is 1.93 bits per heavy atom. The number of aromatic nitrogens is 2. The molecular weight excluding hydrogens is 560 g/mol. The van der Waals surface area contributed by atoms with E-state index in [9.17, 15) is 14.9 Å². The first-order valence-corrected chi connectivity index (χ1v) is 14.7. The first-order chi connectivity index (χ1) is 19.8. The minimum absolute atomic E-state index is 0.00899. The van der Waals surface area contributed by atoms with Gasteiger partial charge in [0.1, 0.15) is 17.3 Å². The summed E-state index contributed by atoms with van der Waals surface area (Å²) in [5.41, 5.74) is 10.7. The number of ether oxygens (including phenoxy) is 2. The number of ketones is 1. The van der Waals surface area contributed by atoms with Crippen molar-refractivity contribution in [3.05, 3.63) is 76.3 Å². The summed E-state index contributed by atoms with van der Waals surface area (Å²) in [5.74, 6) is 0.691. The van der Waals surface area contributed by atoms with E-state index in [1.165, 1.54) is 37.3 Å². The number of benzene rings is 2. The van der Waals surface area contributed by atoms with E-state index >= 15 is 0 Å². The second kappa shape index (κ2) is 12.0. The van der Waals surface area contributed by atoms with Gasteiger partial charge in [-0.15, -0.1) is 10.2 Å². The molecule has 10 nitrogen and oxygen atoms in total. The molecule has 0 bridgehead atoms. The molecule has 5 rings (SSSR count). The number of Topliss-reactive ketones (excluding diaryl/α,β-unsaturated/α-hetero) is 1. The molecule has 3 N–H and O–H groups in total. The monoisotopic (exact) mass is 588 g/mol. The number of carbonyl (C=O) groups is 2. The molecule has 0 saturated carbocycles. The Balaban J connectivity index is 1.39. The number of hydrogen-bond acceptors (Lipinski definition) is 11. The summed E-state index contributed by atoms with van der Waals surface area (Å²) in [7, 11) is 3.08. The third-order valence-electron chi connectivity index (χ3n) is 6.96.